The minimum atomic E-state index is -3.76. The van der Waals surface area contributed by atoms with Crippen LogP contribution in [-0.4, -0.2) is 13.5 Å². The van der Waals surface area contributed by atoms with E-state index < -0.39 is 10.0 Å². The van der Waals surface area contributed by atoms with Gasteiger partial charge in [-0.25, -0.2) is 0 Å². The van der Waals surface area contributed by atoms with Crippen molar-refractivity contribution < 1.29 is 17.9 Å². The second-order valence-electron chi connectivity index (χ2n) is 4.36. The van der Waals surface area contributed by atoms with E-state index in [9.17, 15) is 8.42 Å². The van der Waals surface area contributed by atoms with Crippen molar-refractivity contribution in [2.75, 3.05) is 4.72 Å². The topological polar surface area (TPSA) is 79.5 Å². The molecule has 0 bridgehead atoms. The van der Waals surface area contributed by atoms with Crippen LogP contribution in [0.15, 0.2) is 39.8 Å². The molecule has 1 heterocycles. The Hall–Kier alpha value is -1.79. The van der Waals surface area contributed by atoms with Gasteiger partial charge in [0.05, 0.1) is 0 Å². The molecule has 0 aliphatic rings. The zero-order valence-electron chi connectivity index (χ0n) is 10.7. The monoisotopic (exact) mass is 281 g/mol. The van der Waals surface area contributed by atoms with Gasteiger partial charge in [0.25, 0.3) is 10.0 Å². The van der Waals surface area contributed by atoms with E-state index in [1.807, 2.05) is 19.9 Å². The van der Waals surface area contributed by atoms with Crippen LogP contribution in [0.25, 0.3) is 0 Å². The van der Waals surface area contributed by atoms with E-state index in [4.69, 9.17) is 9.52 Å². The van der Waals surface area contributed by atoms with Gasteiger partial charge in [-0.15, -0.1) is 0 Å². The van der Waals surface area contributed by atoms with E-state index in [1.165, 1.54) is 12.1 Å². The summed E-state index contributed by atoms with van der Waals surface area (Å²) in [5.74, 6) is 0.209. The Bertz CT molecular complexity index is 668. The second kappa shape index (κ2) is 5.07. The predicted molar refractivity (Wildman–Crippen MR) is 71.4 cm³/mol. The highest BCUT2D eigenvalue weighted by atomic mass is 32.2. The number of nitrogens with one attached hydrogen (secondary N) is 1. The Balaban J connectivity index is 2.30. The number of hydrogen-bond donors (Lipinski definition) is 2. The molecule has 0 saturated heterocycles. The number of aryl methyl sites for hydroxylation is 2. The molecule has 0 fully saturated rings. The molecule has 0 aliphatic heterocycles. The fourth-order valence-electron chi connectivity index (χ4n) is 1.83. The van der Waals surface area contributed by atoms with Gasteiger partial charge in [0, 0.05) is 5.69 Å². The first-order chi connectivity index (χ1) is 8.90. The number of rotatable bonds is 4. The minimum absolute atomic E-state index is 0.209. The van der Waals surface area contributed by atoms with E-state index in [2.05, 4.69) is 4.72 Å². The van der Waals surface area contributed by atoms with Crippen LogP contribution in [0.4, 0.5) is 5.69 Å². The Labute approximate surface area is 111 Å². The first-order valence-electron chi connectivity index (χ1n) is 5.71. The zero-order valence-corrected chi connectivity index (χ0v) is 11.5. The molecule has 0 atom stereocenters. The summed E-state index contributed by atoms with van der Waals surface area (Å²) in [5, 5.41) is 8.66. The van der Waals surface area contributed by atoms with E-state index in [0.29, 0.717) is 5.69 Å². The Morgan fingerprint density at radius 2 is 1.79 bits per heavy atom. The molecule has 19 heavy (non-hydrogen) atoms. The molecule has 2 N–H and O–H groups in total. The fraction of sp³-hybridized carbons (Fsp3) is 0.231. The van der Waals surface area contributed by atoms with Gasteiger partial charge in [0.2, 0.25) is 5.09 Å². The van der Waals surface area contributed by atoms with Crippen LogP contribution in [0.2, 0.25) is 0 Å². The number of furan rings is 1. The SMILES string of the molecule is Cc1cc(C)cc(NS(=O)(=O)c2ccc(CO)o2)c1. The third-order valence-electron chi connectivity index (χ3n) is 2.53. The average molecular weight is 281 g/mol. The first-order valence-corrected chi connectivity index (χ1v) is 7.20. The molecular weight excluding hydrogens is 266 g/mol. The van der Waals surface area contributed by atoms with Crippen molar-refractivity contribution in [1.29, 1.82) is 0 Å². The predicted octanol–water partition coefficient (Wildman–Crippen LogP) is 2.19. The molecule has 0 saturated carbocycles. The maximum atomic E-state index is 12.1. The van der Waals surface area contributed by atoms with Crippen LogP contribution < -0.4 is 4.72 Å². The summed E-state index contributed by atoms with van der Waals surface area (Å²) < 4.78 is 31.6. The van der Waals surface area contributed by atoms with Crippen LogP contribution in [0.3, 0.4) is 0 Å². The molecule has 1 aromatic carbocycles. The first kappa shape index (κ1) is 13.6. The summed E-state index contributed by atoms with van der Waals surface area (Å²) in [5.41, 5.74) is 2.42. The lowest BCUT2D eigenvalue weighted by Gasteiger charge is -2.07. The van der Waals surface area contributed by atoms with Crippen molar-refractivity contribution >= 4 is 15.7 Å². The molecule has 0 radical (unpaired) electrons. The van der Waals surface area contributed by atoms with Gasteiger partial charge in [0.15, 0.2) is 0 Å². The molecular formula is C13H15NO4S. The van der Waals surface area contributed by atoms with Crippen molar-refractivity contribution in [3.63, 3.8) is 0 Å². The molecule has 2 aromatic rings. The summed E-state index contributed by atoms with van der Waals surface area (Å²) in [6.07, 6.45) is 0. The van der Waals surface area contributed by atoms with Crippen molar-refractivity contribution in [3.8, 4) is 0 Å². The van der Waals surface area contributed by atoms with Gasteiger partial charge in [0.1, 0.15) is 12.4 Å². The maximum absolute atomic E-state index is 12.1. The molecule has 0 unspecified atom stereocenters. The number of aliphatic hydroxyl groups is 1. The standard InChI is InChI=1S/C13H15NO4S/c1-9-5-10(2)7-11(6-9)14-19(16,17)13-4-3-12(8-15)18-13/h3-7,14-15H,8H2,1-2H3. The van der Waals surface area contributed by atoms with E-state index in [0.717, 1.165) is 11.1 Å². The van der Waals surface area contributed by atoms with Crippen LogP contribution in [-0.2, 0) is 16.6 Å². The molecule has 1 aromatic heterocycles. The van der Waals surface area contributed by atoms with E-state index in [1.54, 1.807) is 12.1 Å². The average Bonchev–Trinajstić information content (AvgIpc) is 2.75. The molecule has 2 rings (SSSR count). The normalized spacial score (nSPS) is 11.5. The third-order valence-corrected chi connectivity index (χ3v) is 3.79. The summed E-state index contributed by atoms with van der Waals surface area (Å²) in [4.78, 5) is 0. The number of sulfonamides is 1. The lowest BCUT2D eigenvalue weighted by atomic mass is 10.1. The van der Waals surface area contributed by atoms with Crippen LogP contribution in [0.5, 0.6) is 0 Å². The van der Waals surface area contributed by atoms with Crippen molar-refractivity contribution in [2.45, 2.75) is 25.5 Å². The molecule has 0 spiro atoms. The smallest absolute Gasteiger partial charge is 0.295 e. The van der Waals surface area contributed by atoms with Crippen LogP contribution in [0.1, 0.15) is 16.9 Å². The molecule has 0 aliphatic carbocycles. The third kappa shape index (κ3) is 3.15. The van der Waals surface area contributed by atoms with Crippen LogP contribution >= 0.6 is 0 Å². The maximum Gasteiger partial charge on any atom is 0.295 e. The highest BCUT2D eigenvalue weighted by molar-refractivity contribution is 7.92. The van der Waals surface area contributed by atoms with Crippen LogP contribution in [0, 0.1) is 13.8 Å². The highest BCUT2D eigenvalue weighted by Crippen LogP contribution is 2.20. The molecule has 102 valence electrons. The van der Waals surface area contributed by atoms with Gasteiger partial charge >= 0.3 is 0 Å². The molecule has 6 heteroatoms. The van der Waals surface area contributed by atoms with Gasteiger partial charge in [-0.1, -0.05) is 6.07 Å². The number of anilines is 1. The van der Waals surface area contributed by atoms with E-state index >= 15 is 0 Å². The lowest BCUT2D eigenvalue weighted by molar-refractivity contribution is 0.236. The summed E-state index contributed by atoms with van der Waals surface area (Å²) in [6, 6.07) is 8.17. The number of aliphatic hydroxyl groups excluding tert-OH is 1. The summed E-state index contributed by atoms with van der Waals surface area (Å²) in [6.45, 7) is 3.45. The van der Waals surface area contributed by atoms with Gasteiger partial charge in [-0.3, -0.25) is 4.72 Å². The Kier molecular flexibility index (Phi) is 3.64. The number of hydrogen-bond acceptors (Lipinski definition) is 4. The Morgan fingerprint density at radius 3 is 2.32 bits per heavy atom. The molecule has 5 nitrogen and oxygen atoms in total. The second-order valence-corrected chi connectivity index (χ2v) is 5.97. The Morgan fingerprint density at radius 1 is 1.16 bits per heavy atom. The van der Waals surface area contributed by atoms with Gasteiger partial charge in [-0.05, 0) is 49.2 Å². The van der Waals surface area contributed by atoms with Crippen molar-refractivity contribution in [1.82, 2.24) is 0 Å². The largest absolute Gasteiger partial charge is 0.445 e. The minimum Gasteiger partial charge on any atom is -0.445 e. The molecule has 0 amide bonds. The summed E-state index contributed by atoms with van der Waals surface area (Å²) in [7, 11) is -3.76. The highest BCUT2D eigenvalue weighted by Gasteiger charge is 2.19. The van der Waals surface area contributed by atoms with Crippen molar-refractivity contribution in [3.05, 3.63) is 47.2 Å². The zero-order chi connectivity index (χ0) is 14.0. The van der Waals surface area contributed by atoms with Gasteiger partial charge in [-0.2, -0.15) is 8.42 Å². The fourth-order valence-corrected chi connectivity index (χ4v) is 2.82. The quantitative estimate of drug-likeness (QED) is 0.900. The lowest BCUT2D eigenvalue weighted by Crippen LogP contribution is -2.12. The van der Waals surface area contributed by atoms with Gasteiger partial charge < -0.3 is 9.52 Å². The van der Waals surface area contributed by atoms with Crippen molar-refractivity contribution in [2.24, 2.45) is 0 Å². The van der Waals surface area contributed by atoms with E-state index in [-0.39, 0.29) is 17.5 Å². The summed E-state index contributed by atoms with van der Waals surface area (Å²) >= 11 is 0. The number of benzene rings is 1.